The molecule has 0 bridgehead atoms. The molecule has 2 N–H and O–H groups in total. The van der Waals surface area contributed by atoms with Crippen LogP contribution in [0.15, 0.2) is 91.3 Å². The molecular weight excluding hydrogens is 388 g/mol. The number of amides is 3. The number of hydrogen-bond donors (Lipinski definition) is 2. The first-order valence-corrected chi connectivity index (χ1v) is 10.3. The number of para-hydroxylation sites is 2. The Hall–Kier alpha value is -3.93. The smallest absolute Gasteiger partial charge is 0.326 e. The van der Waals surface area contributed by atoms with Gasteiger partial charge in [-0.3, -0.25) is 14.7 Å². The van der Waals surface area contributed by atoms with Crippen molar-refractivity contribution in [3.8, 4) is 0 Å². The van der Waals surface area contributed by atoms with Crippen LogP contribution < -0.4 is 15.5 Å². The van der Waals surface area contributed by atoms with Crippen molar-refractivity contribution in [2.45, 2.75) is 12.8 Å². The summed E-state index contributed by atoms with van der Waals surface area (Å²) in [6.07, 6.45) is 8.13. The van der Waals surface area contributed by atoms with Crippen LogP contribution in [0.1, 0.15) is 18.4 Å². The third-order valence-corrected chi connectivity index (χ3v) is 4.52. The number of carbonyl (C=O) groups is 2. The summed E-state index contributed by atoms with van der Waals surface area (Å²) in [5.41, 5.74) is 2.49. The van der Waals surface area contributed by atoms with Crippen LogP contribution >= 0.6 is 0 Å². The molecule has 31 heavy (non-hydrogen) atoms. The first-order chi connectivity index (χ1) is 15.2. The van der Waals surface area contributed by atoms with Crippen LogP contribution in [0.25, 0.3) is 6.08 Å². The van der Waals surface area contributed by atoms with E-state index in [0.29, 0.717) is 13.1 Å². The van der Waals surface area contributed by atoms with Gasteiger partial charge in [-0.05, 0) is 54.8 Å². The van der Waals surface area contributed by atoms with E-state index in [1.165, 1.54) is 6.08 Å². The maximum atomic E-state index is 12.8. The standard InChI is InChI=1S/C25H26N4O2/c30-24(16-15-21-10-9-17-26-20-21)27-18-7-8-19-28-25(31)29(22-11-3-1-4-12-22)23-13-5-2-6-14-23/h1-6,9-17,20H,7-8,18-19H2,(H,27,30)(H,28,31)/b16-15+. The molecular formula is C25H26N4O2. The Morgan fingerprint density at radius 2 is 1.42 bits per heavy atom. The fourth-order valence-electron chi connectivity index (χ4n) is 2.98. The summed E-state index contributed by atoms with van der Waals surface area (Å²) in [4.78, 5) is 30.4. The zero-order chi connectivity index (χ0) is 21.7. The van der Waals surface area contributed by atoms with Crippen LogP contribution in [-0.2, 0) is 4.79 Å². The van der Waals surface area contributed by atoms with Crippen LogP contribution in [-0.4, -0.2) is 30.0 Å². The van der Waals surface area contributed by atoms with Crippen molar-refractivity contribution in [1.29, 1.82) is 0 Å². The van der Waals surface area contributed by atoms with Gasteiger partial charge in [0.2, 0.25) is 5.91 Å². The van der Waals surface area contributed by atoms with Crippen LogP contribution in [0, 0.1) is 0 Å². The van der Waals surface area contributed by atoms with Gasteiger partial charge in [0.05, 0.1) is 11.4 Å². The third kappa shape index (κ3) is 7.12. The van der Waals surface area contributed by atoms with E-state index < -0.39 is 0 Å². The second-order valence-corrected chi connectivity index (χ2v) is 6.86. The number of aromatic nitrogens is 1. The molecule has 0 atom stereocenters. The highest BCUT2D eigenvalue weighted by Gasteiger charge is 2.16. The van der Waals surface area contributed by atoms with Crippen molar-refractivity contribution in [2.75, 3.05) is 18.0 Å². The molecule has 0 aliphatic heterocycles. The monoisotopic (exact) mass is 414 g/mol. The molecule has 3 aromatic rings. The molecule has 0 saturated carbocycles. The van der Waals surface area contributed by atoms with E-state index in [4.69, 9.17) is 0 Å². The number of hydrogen-bond acceptors (Lipinski definition) is 3. The van der Waals surface area contributed by atoms with Gasteiger partial charge in [-0.15, -0.1) is 0 Å². The van der Waals surface area contributed by atoms with E-state index in [1.807, 2.05) is 72.8 Å². The van der Waals surface area contributed by atoms with E-state index in [9.17, 15) is 9.59 Å². The highest BCUT2D eigenvalue weighted by molar-refractivity contribution is 5.99. The van der Waals surface area contributed by atoms with Crippen molar-refractivity contribution < 1.29 is 9.59 Å². The average molecular weight is 415 g/mol. The zero-order valence-electron chi connectivity index (χ0n) is 17.3. The molecule has 1 heterocycles. The highest BCUT2D eigenvalue weighted by atomic mass is 16.2. The maximum Gasteiger partial charge on any atom is 0.326 e. The Balaban J connectivity index is 1.41. The van der Waals surface area contributed by atoms with Gasteiger partial charge in [0, 0.05) is 31.6 Å². The number of urea groups is 1. The van der Waals surface area contributed by atoms with Crippen molar-refractivity contribution >= 4 is 29.4 Å². The zero-order valence-corrected chi connectivity index (χ0v) is 17.3. The van der Waals surface area contributed by atoms with E-state index in [1.54, 1.807) is 23.4 Å². The quantitative estimate of drug-likeness (QED) is 0.399. The molecule has 3 amide bonds. The number of benzene rings is 2. The summed E-state index contributed by atoms with van der Waals surface area (Å²) in [5.74, 6) is -0.146. The predicted octanol–water partition coefficient (Wildman–Crippen LogP) is 4.54. The van der Waals surface area contributed by atoms with Gasteiger partial charge in [0.15, 0.2) is 0 Å². The van der Waals surface area contributed by atoms with E-state index >= 15 is 0 Å². The van der Waals surface area contributed by atoms with E-state index in [0.717, 1.165) is 29.8 Å². The largest absolute Gasteiger partial charge is 0.353 e. The number of carbonyl (C=O) groups excluding carboxylic acids is 2. The number of pyridine rings is 1. The molecule has 6 nitrogen and oxygen atoms in total. The lowest BCUT2D eigenvalue weighted by Crippen LogP contribution is -2.37. The Morgan fingerprint density at radius 3 is 2.00 bits per heavy atom. The molecule has 0 saturated heterocycles. The molecule has 1 aromatic heterocycles. The molecule has 3 rings (SSSR count). The van der Waals surface area contributed by atoms with Gasteiger partial charge < -0.3 is 10.6 Å². The van der Waals surface area contributed by atoms with Crippen LogP contribution in [0.2, 0.25) is 0 Å². The van der Waals surface area contributed by atoms with Gasteiger partial charge in [-0.2, -0.15) is 0 Å². The van der Waals surface area contributed by atoms with Gasteiger partial charge >= 0.3 is 6.03 Å². The lowest BCUT2D eigenvalue weighted by atomic mass is 10.2. The summed E-state index contributed by atoms with van der Waals surface area (Å²) in [5, 5.41) is 5.81. The van der Waals surface area contributed by atoms with Crippen LogP contribution in [0.5, 0.6) is 0 Å². The molecule has 0 unspecified atom stereocenters. The predicted molar refractivity (Wildman–Crippen MR) is 124 cm³/mol. The third-order valence-electron chi connectivity index (χ3n) is 4.52. The summed E-state index contributed by atoms with van der Waals surface area (Å²) in [6, 6.07) is 22.6. The van der Waals surface area contributed by atoms with Crippen molar-refractivity contribution in [3.63, 3.8) is 0 Å². The Bertz CT molecular complexity index is 937. The summed E-state index contributed by atoms with van der Waals surface area (Å²) >= 11 is 0. The summed E-state index contributed by atoms with van der Waals surface area (Å²) < 4.78 is 0. The SMILES string of the molecule is O=C(/C=C/c1cccnc1)NCCCCNC(=O)N(c1ccccc1)c1ccccc1. The lowest BCUT2D eigenvalue weighted by molar-refractivity contribution is -0.116. The normalized spacial score (nSPS) is 10.6. The number of unbranched alkanes of at least 4 members (excludes halogenated alkanes) is 1. The maximum absolute atomic E-state index is 12.8. The minimum Gasteiger partial charge on any atom is -0.353 e. The number of nitrogens with one attached hydrogen (secondary N) is 2. The fourth-order valence-corrected chi connectivity index (χ4v) is 2.98. The highest BCUT2D eigenvalue weighted by Crippen LogP contribution is 2.24. The fraction of sp³-hybridized carbons (Fsp3) is 0.160. The first-order valence-electron chi connectivity index (χ1n) is 10.3. The van der Waals surface area contributed by atoms with Gasteiger partial charge in [-0.1, -0.05) is 42.5 Å². The molecule has 0 aliphatic rings. The average Bonchev–Trinajstić information content (AvgIpc) is 2.82. The Labute approximate surface area is 182 Å². The van der Waals surface area contributed by atoms with E-state index in [2.05, 4.69) is 15.6 Å². The molecule has 0 aliphatic carbocycles. The number of nitrogens with zero attached hydrogens (tertiary/aromatic N) is 2. The topological polar surface area (TPSA) is 74.3 Å². The molecule has 0 spiro atoms. The van der Waals surface area contributed by atoms with Crippen LogP contribution in [0.3, 0.4) is 0 Å². The minimum absolute atomic E-state index is 0.146. The van der Waals surface area contributed by atoms with Crippen LogP contribution in [0.4, 0.5) is 16.2 Å². The molecule has 6 heteroatoms. The molecule has 0 fully saturated rings. The lowest BCUT2D eigenvalue weighted by Gasteiger charge is -2.23. The second kappa shape index (κ2) is 11.9. The van der Waals surface area contributed by atoms with Crippen molar-refractivity contribution in [2.24, 2.45) is 0 Å². The Kier molecular flexibility index (Phi) is 8.37. The molecule has 2 aromatic carbocycles. The first kappa shape index (κ1) is 21.8. The van der Waals surface area contributed by atoms with E-state index in [-0.39, 0.29) is 11.9 Å². The number of anilines is 2. The van der Waals surface area contributed by atoms with Crippen molar-refractivity contribution in [1.82, 2.24) is 15.6 Å². The molecule has 0 radical (unpaired) electrons. The summed E-state index contributed by atoms with van der Waals surface area (Å²) in [6.45, 7) is 1.07. The van der Waals surface area contributed by atoms with Gasteiger partial charge in [0.25, 0.3) is 0 Å². The Morgan fingerprint density at radius 1 is 0.806 bits per heavy atom. The van der Waals surface area contributed by atoms with Crippen molar-refractivity contribution in [3.05, 3.63) is 96.8 Å². The second-order valence-electron chi connectivity index (χ2n) is 6.86. The minimum atomic E-state index is -0.180. The van der Waals surface area contributed by atoms with Gasteiger partial charge in [-0.25, -0.2) is 4.79 Å². The summed E-state index contributed by atoms with van der Waals surface area (Å²) in [7, 11) is 0. The molecule has 158 valence electrons. The number of rotatable bonds is 9. The van der Waals surface area contributed by atoms with Gasteiger partial charge in [0.1, 0.15) is 0 Å².